The summed E-state index contributed by atoms with van der Waals surface area (Å²) in [5.41, 5.74) is 0.719. The zero-order chi connectivity index (χ0) is 16.6. The molecule has 2 N–H and O–H groups in total. The first kappa shape index (κ1) is 18.4. The number of benzene rings is 1. The Morgan fingerprint density at radius 3 is 2.41 bits per heavy atom. The smallest absolute Gasteiger partial charge is 0.221 e. The molecule has 1 amide bonds. The molecule has 0 spiro atoms. The second-order valence-corrected chi connectivity index (χ2v) is 6.90. The lowest BCUT2D eigenvalue weighted by Gasteiger charge is -2.18. The Labute approximate surface area is 132 Å². The molecule has 0 aliphatic carbocycles. The minimum absolute atomic E-state index is 0.0586. The maximum absolute atomic E-state index is 11.9. The van der Waals surface area contributed by atoms with Gasteiger partial charge >= 0.3 is 0 Å². The van der Waals surface area contributed by atoms with Gasteiger partial charge in [-0.3, -0.25) is 4.79 Å². The van der Waals surface area contributed by atoms with E-state index < -0.39 is 16.1 Å². The molecular weight excluding hydrogens is 304 g/mol. The van der Waals surface area contributed by atoms with Crippen LogP contribution in [0.15, 0.2) is 24.3 Å². The van der Waals surface area contributed by atoms with E-state index in [1.54, 1.807) is 31.4 Å². The van der Waals surface area contributed by atoms with Crippen molar-refractivity contribution in [2.45, 2.75) is 32.2 Å². The predicted octanol–water partition coefficient (Wildman–Crippen LogP) is 1.59. The minimum atomic E-state index is -3.42. The summed E-state index contributed by atoms with van der Waals surface area (Å²) >= 11 is 0. The normalized spacial score (nSPS) is 12.7. The van der Waals surface area contributed by atoms with E-state index in [0.29, 0.717) is 12.3 Å². The maximum atomic E-state index is 11.9. The van der Waals surface area contributed by atoms with Crippen LogP contribution in [0.4, 0.5) is 0 Å². The van der Waals surface area contributed by atoms with Crippen LogP contribution in [0.25, 0.3) is 0 Å². The first-order valence-corrected chi connectivity index (χ1v) is 9.12. The second kappa shape index (κ2) is 8.75. The van der Waals surface area contributed by atoms with Crippen LogP contribution in [0.3, 0.4) is 0 Å². The van der Waals surface area contributed by atoms with Crippen molar-refractivity contribution in [3.05, 3.63) is 29.8 Å². The first-order chi connectivity index (χ1) is 10.4. The van der Waals surface area contributed by atoms with Crippen molar-refractivity contribution >= 4 is 15.9 Å². The number of hydrogen-bond donors (Lipinski definition) is 2. The third kappa shape index (κ3) is 6.91. The van der Waals surface area contributed by atoms with E-state index >= 15 is 0 Å². The summed E-state index contributed by atoms with van der Waals surface area (Å²) in [7, 11) is -1.86. The second-order valence-electron chi connectivity index (χ2n) is 5.12. The van der Waals surface area contributed by atoms with Gasteiger partial charge in [-0.05, 0) is 24.1 Å². The van der Waals surface area contributed by atoms with Crippen LogP contribution in [0.2, 0.25) is 0 Å². The van der Waals surface area contributed by atoms with Gasteiger partial charge in [-0.2, -0.15) is 0 Å². The predicted molar refractivity (Wildman–Crippen MR) is 86.2 cm³/mol. The van der Waals surface area contributed by atoms with E-state index in [1.807, 2.05) is 6.92 Å². The highest BCUT2D eigenvalue weighted by Crippen LogP contribution is 2.21. The van der Waals surface area contributed by atoms with E-state index in [9.17, 15) is 13.2 Å². The Bertz CT molecular complexity index is 570. The molecule has 0 aromatic heterocycles. The van der Waals surface area contributed by atoms with Crippen molar-refractivity contribution in [1.82, 2.24) is 10.0 Å². The fourth-order valence-corrected chi connectivity index (χ4v) is 2.72. The number of amides is 1. The molecule has 0 saturated heterocycles. The number of sulfonamides is 1. The Morgan fingerprint density at radius 2 is 1.91 bits per heavy atom. The molecule has 7 heteroatoms. The molecule has 1 atom stereocenters. The molecular formula is C15H24N2O4S. The fourth-order valence-electron chi connectivity index (χ4n) is 1.98. The zero-order valence-electron chi connectivity index (χ0n) is 13.3. The molecule has 124 valence electrons. The van der Waals surface area contributed by atoms with Crippen LogP contribution in [-0.4, -0.2) is 34.2 Å². The lowest BCUT2D eigenvalue weighted by Crippen LogP contribution is -2.33. The third-order valence-electron chi connectivity index (χ3n) is 3.12. The van der Waals surface area contributed by atoms with E-state index in [2.05, 4.69) is 10.0 Å². The average Bonchev–Trinajstić information content (AvgIpc) is 2.45. The summed E-state index contributed by atoms with van der Waals surface area (Å²) in [5.74, 6) is 0.500. The molecule has 0 aliphatic heterocycles. The number of unbranched alkanes of at least 4 members (excludes halogenated alkanes) is 1. The van der Waals surface area contributed by atoms with Gasteiger partial charge in [0.15, 0.2) is 0 Å². The van der Waals surface area contributed by atoms with E-state index in [0.717, 1.165) is 24.7 Å². The highest BCUT2D eigenvalue weighted by molar-refractivity contribution is 7.88. The van der Waals surface area contributed by atoms with Gasteiger partial charge < -0.3 is 10.1 Å². The number of rotatable bonds is 9. The molecule has 0 aliphatic rings. The zero-order valence-corrected chi connectivity index (χ0v) is 14.1. The quantitative estimate of drug-likeness (QED) is 0.674. The molecule has 1 rings (SSSR count). The Hall–Kier alpha value is -1.60. The molecule has 0 bridgehead atoms. The van der Waals surface area contributed by atoms with Crippen LogP contribution >= 0.6 is 0 Å². The summed E-state index contributed by atoms with van der Waals surface area (Å²) in [6.07, 6.45) is 3.03. The van der Waals surface area contributed by atoms with Crippen LogP contribution in [0, 0.1) is 0 Å². The van der Waals surface area contributed by atoms with Crippen molar-refractivity contribution in [1.29, 1.82) is 0 Å². The van der Waals surface area contributed by atoms with Gasteiger partial charge in [0.1, 0.15) is 5.75 Å². The van der Waals surface area contributed by atoms with E-state index in [4.69, 9.17) is 4.74 Å². The van der Waals surface area contributed by atoms with Crippen molar-refractivity contribution in [3.8, 4) is 5.75 Å². The minimum Gasteiger partial charge on any atom is -0.497 e. The molecule has 0 radical (unpaired) electrons. The fraction of sp³-hybridized carbons (Fsp3) is 0.533. The summed E-state index contributed by atoms with van der Waals surface area (Å²) in [6, 6.07) is 6.38. The third-order valence-corrected chi connectivity index (χ3v) is 3.83. The first-order valence-electron chi connectivity index (χ1n) is 7.23. The number of hydrogen-bond acceptors (Lipinski definition) is 4. The van der Waals surface area contributed by atoms with Crippen molar-refractivity contribution in [2.75, 3.05) is 19.9 Å². The van der Waals surface area contributed by atoms with Crippen molar-refractivity contribution in [2.24, 2.45) is 0 Å². The van der Waals surface area contributed by atoms with Gasteiger partial charge in [0.2, 0.25) is 15.9 Å². The van der Waals surface area contributed by atoms with Crippen molar-refractivity contribution in [3.63, 3.8) is 0 Å². The van der Waals surface area contributed by atoms with Gasteiger partial charge in [0.25, 0.3) is 0 Å². The molecule has 1 aromatic carbocycles. The molecule has 6 nitrogen and oxygen atoms in total. The maximum Gasteiger partial charge on any atom is 0.221 e. The number of methoxy groups -OCH3 is 1. The van der Waals surface area contributed by atoms with E-state index in [1.165, 1.54) is 0 Å². The number of carbonyl (C=O) groups excluding carboxylic acids is 1. The van der Waals surface area contributed by atoms with Gasteiger partial charge in [0, 0.05) is 13.0 Å². The number of nitrogens with one attached hydrogen (secondary N) is 2. The van der Waals surface area contributed by atoms with Crippen LogP contribution in [-0.2, 0) is 14.8 Å². The summed E-state index contributed by atoms with van der Waals surface area (Å²) in [5, 5.41) is 2.79. The van der Waals surface area contributed by atoms with Gasteiger partial charge in [-0.15, -0.1) is 0 Å². The standard InChI is InChI=1S/C15H24N2O4S/c1-4-5-10-16-15(18)11-14(17-22(3,19)20)12-6-8-13(21-2)9-7-12/h6-9,14,17H,4-5,10-11H2,1-3H3,(H,16,18)/t14-/m0/s1. The summed E-state index contributed by atoms with van der Waals surface area (Å²) < 4.78 is 30.6. The highest BCUT2D eigenvalue weighted by Gasteiger charge is 2.19. The lowest BCUT2D eigenvalue weighted by molar-refractivity contribution is -0.121. The number of ether oxygens (including phenoxy) is 1. The van der Waals surface area contributed by atoms with Gasteiger partial charge in [0.05, 0.1) is 19.4 Å². The highest BCUT2D eigenvalue weighted by atomic mass is 32.2. The molecule has 22 heavy (non-hydrogen) atoms. The SMILES string of the molecule is CCCCNC(=O)C[C@H](NS(C)(=O)=O)c1ccc(OC)cc1. The Kier molecular flexibility index (Phi) is 7.34. The Morgan fingerprint density at radius 1 is 1.27 bits per heavy atom. The topological polar surface area (TPSA) is 84.5 Å². The van der Waals surface area contributed by atoms with Crippen LogP contribution < -0.4 is 14.8 Å². The molecule has 0 fully saturated rings. The summed E-state index contributed by atoms with van der Waals surface area (Å²) in [4.78, 5) is 11.9. The van der Waals surface area contributed by atoms with Gasteiger partial charge in [-0.25, -0.2) is 13.1 Å². The molecule has 1 aromatic rings. The lowest BCUT2D eigenvalue weighted by atomic mass is 10.0. The van der Waals surface area contributed by atoms with Crippen LogP contribution in [0.5, 0.6) is 5.75 Å². The van der Waals surface area contributed by atoms with Crippen LogP contribution in [0.1, 0.15) is 37.8 Å². The molecule has 0 saturated carbocycles. The van der Waals surface area contributed by atoms with E-state index in [-0.39, 0.29) is 12.3 Å². The number of carbonyl (C=O) groups is 1. The Balaban J connectivity index is 2.81. The largest absolute Gasteiger partial charge is 0.497 e. The molecule has 0 unspecified atom stereocenters. The van der Waals surface area contributed by atoms with Gasteiger partial charge in [-0.1, -0.05) is 25.5 Å². The molecule has 0 heterocycles. The monoisotopic (exact) mass is 328 g/mol. The van der Waals surface area contributed by atoms with Crippen molar-refractivity contribution < 1.29 is 17.9 Å². The summed E-state index contributed by atoms with van der Waals surface area (Å²) in [6.45, 7) is 2.64. The average molecular weight is 328 g/mol.